The van der Waals surface area contributed by atoms with Gasteiger partial charge in [0.2, 0.25) is 0 Å². The van der Waals surface area contributed by atoms with Gasteiger partial charge in [-0.3, -0.25) is 0 Å². The van der Waals surface area contributed by atoms with Crippen LogP contribution >= 0.6 is 0 Å². The molecule has 5 rings (SSSR count). The van der Waals surface area contributed by atoms with Gasteiger partial charge in [-0.05, 0) is 137 Å². The highest BCUT2D eigenvalue weighted by Crippen LogP contribution is 2.76. The van der Waals surface area contributed by atoms with Crippen LogP contribution in [0.2, 0.25) is 0 Å². The van der Waals surface area contributed by atoms with Gasteiger partial charge in [0.25, 0.3) is 0 Å². The Morgan fingerprint density at radius 3 is 2.33 bits per heavy atom. The van der Waals surface area contributed by atoms with E-state index in [2.05, 4.69) is 45.1 Å². The molecule has 0 aromatic rings. The summed E-state index contributed by atoms with van der Waals surface area (Å²) in [6.07, 6.45) is 12.5. The van der Waals surface area contributed by atoms with Gasteiger partial charge in [-0.15, -0.1) is 0 Å². The van der Waals surface area contributed by atoms with Crippen LogP contribution in [-0.2, 0) is 0 Å². The van der Waals surface area contributed by atoms with Crippen LogP contribution in [0.1, 0.15) is 106 Å². The fourth-order valence-electron chi connectivity index (χ4n) is 11.5. The molecule has 1 saturated heterocycles. The highest BCUT2D eigenvalue weighted by Gasteiger charge is 2.70. The number of rotatable bonds is 2. The Labute approximate surface area is 202 Å². The predicted molar refractivity (Wildman–Crippen MR) is 134 cm³/mol. The molecule has 0 aromatic carbocycles. The monoisotopic (exact) mass is 458 g/mol. The summed E-state index contributed by atoms with van der Waals surface area (Å²) in [5.41, 5.74) is 2.21. The maximum Gasteiger partial charge on any atom is 0.0573 e. The number of aliphatic hydroxyl groups is 1. The third kappa shape index (κ3) is 3.04. The molecule has 9 atom stereocenters. The summed E-state index contributed by atoms with van der Waals surface area (Å²) in [6, 6.07) is 0. The summed E-state index contributed by atoms with van der Waals surface area (Å²) < 4.78 is 0. The molecule has 4 nitrogen and oxygen atoms in total. The first-order chi connectivity index (χ1) is 15.5. The fraction of sp³-hybridized carbons (Fsp3) is 0.966. The normalized spacial score (nSPS) is 53.9. The molecule has 1 heterocycles. The minimum Gasteiger partial charge on any atom is -0.411 e. The van der Waals surface area contributed by atoms with Crippen molar-refractivity contribution < 1.29 is 10.3 Å². The Morgan fingerprint density at radius 1 is 0.879 bits per heavy atom. The van der Waals surface area contributed by atoms with Crippen LogP contribution in [0.5, 0.6) is 0 Å². The van der Waals surface area contributed by atoms with E-state index in [0.29, 0.717) is 40.6 Å². The van der Waals surface area contributed by atoms with Crippen LogP contribution < -0.4 is 5.32 Å². The molecule has 188 valence electrons. The van der Waals surface area contributed by atoms with Gasteiger partial charge in [-0.2, -0.15) is 0 Å². The van der Waals surface area contributed by atoms with Crippen molar-refractivity contribution in [3.8, 4) is 0 Å². The van der Waals surface area contributed by atoms with Crippen molar-refractivity contribution in [2.45, 2.75) is 111 Å². The van der Waals surface area contributed by atoms with E-state index in [1.54, 1.807) is 0 Å². The van der Waals surface area contributed by atoms with E-state index in [-0.39, 0.29) is 11.0 Å². The van der Waals surface area contributed by atoms with Crippen LogP contribution in [0.15, 0.2) is 5.16 Å². The van der Waals surface area contributed by atoms with Gasteiger partial charge in [0.15, 0.2) is 0 Å². The first kappa shape index (κ1) is 24.1. The second kappa shape index (κ2) is 7.69. The molecule has 4 aliphatic carbocycles. The molecule has 0 amide bonds. The molecule has 0 unspecified atom stereocenters. The second-order valence-electron chi connectivity index (χ2n) is 14.4. The number of fused-ring (bicyclic) bond motifs is 7. The molecule has 0 radical (unpaired) electrons. The standard InChI is InChI=1S/C29H50N2O2/c1-19(31-33)20-10-14-29(18-32)16-15-27(5)21(24(20)29)8-9-23-26(4)12-7-17-30-25(2,3)22(26)11-13-28(23,27)6/h20-24,30,32-33H,7-18H2,1-6H3/b31-19+/t20-,21+,22-,23+,24+,26-,27+,28+,29+/m0/s1. The number of nitrogens with zero attached hydrogens (tertiary/aromatic N) is 1. The minimum absolute atomic E-state index is 0.0410. The van der Waals surface area contributed by atoms with E-state index < -0.39 is 0 Å². The highest BCUT2D eigenvalue weighted by molar-refractivity contribution is 5.84. The zero-order valence-corrected chi connectivity index (χ0v) is 22.2. The van der Waals surface area contributed by atoms with Crippen molar-refractivity contribution in [3.63, 3.8) is 0 Å². The summed E-state index contributed by atoms with van der Waals surface area (Å²) in [4.78, 5) is 0. The van der Waals surface area contributed by atoms with Crippen LogP contribution in [0.4, 0.5) is 0 Å². The van der Waals surface area contributed by atoms with E-state index in [1.165, 1.54) is 44.9 Å². The van der Waals surface area contributed by atoms with Gasteiger partial charge in [-0.1, -0.05) is 25.9 Å². The highest BCUT2D eigenvalue weighted by atomic mass is 16.4. The topological polar surface area (TPSA) is 64.9 Å². The third-order valence-corrected chi connectivity index (χ3v) is 13.2. The van der Waals surface area contributed by atoms with Gasteiger partial charge in [-0.25, -0.2) is 0 Å². The van der Waals surface area contributed by atoms with Crippen molar-refractivity contribution in [3.05, 3.63) is 0 Å². The number of oxime groups is 1. The molecule has 33 heavy (non-hydrogen) atoms. The van der Waals surface area contributed by atoms with E-state index in [0.717, 1.165) is 43.4 Å². The smallest absolute Gasteiger partial charge is 0.0573 e. The minimum atomic E-state index is 0.0410. The Morgan fingerprint density at radius 2 is 1.64 bits per heavy atom. The molecule has 5 aliphatic rings. The van der Waals surface area contributed by atoms with Gasteiger partial charge >= 0.3 is 0 Å². The molecule has 0 spiro atoms. The van der Waals surface area contributed by atoms with Crippen LogP contribution in [-0.4, -0.2) is 34.7 Å². The summed E-state index contributed by atoms with van der Waals surface area (Å²) in [6.45, 7) is 16.4. The second-order valence-corrected chi connectivity index (χ2v) is 14.4. The molecule has 0 aromatic heterocycles. The quantitative estimate of drug-likeness (QED) is 0.260. The molecule has 4 saturated carbocycles. The lowest BCUT2D eigenvalue weighted by atomic mass is 9.33. The van der Waals surface area contributed by atoms with Crippen molar-refractivity contribution >= 4 is 5.71 Å². The Bertz CT molecular complexity index is 809. The number of hydrogen-bond acceptors (Lipinski definition) is 4. The lowest BCUT2D eigenvalue weighted by Gasteiger charge is -2.71. The third-order valence-electron chi connectivity index (χ3n) is 13.2. The number of hydrogen-bond donors (Lipinski definition) is 3. The van der Waals surface area contributed by atoms with Gasteiger partial charge in [0.05, 0.1) is 5.71 Å². The van der Waals surface area contributed by atoms with E-state index in [4.69, 9.17) is 0 Å². The Balaban J connectivity index is 1.56. The van der Waals surface area contributed by atoms with Crippen molar-refractivity contribution in [2.24, 2.45) is 56.4 Å². The van der Waals surface area contributed by atoms with Crippen molar-refractivity contribution in [2.75, 3.05) is 13.2 Å². The number of aliphatic hydroxyl groups excluding tert-OH is 1. The largest absolute Gasteiger partial charge is 0.411 e. The summed E-state index contributed by atoms with van der Waals surface area (Å²) >= 11 is 0. The maximum absolute atomic E-state index is 10.7. The predicted octanol–water partition coefficient (Wildman–Crippen LogP) is 6.25. The van der Waals surface area contributed by atoms with Crippen LogP contribution in [0, 0.1) is 51.2 Å². The zero-order valence-electron chi connectivity index (χ0n) is 22.2. The number of nitrogens with one attached hydrogen (secondary N) is 1. The maximum atomic E-state index is 10.7. The average molecular weight is 459 g/mol. The molecular weight excluding hydrogens is 408 g/mol. The van der Waals surface area contributed by atoms with Crippen LogP contribution in [0.3, 0.4) is 0 Å². The molecule has 5 fully saturated rings. The molecule has 4 heteroatoms. The van der Waals surface area contributed by atoms with E-state index >= 15 is 0 Å². The fourth-order valence-corrected chi connectivity index (χ4v) is 11.5. The summed E-state index contributed by atoms with van der Waals surface area (Å²) in [7, 11) is 0. The molecule has 3 N–H and O–H groups in total. The molecule has 0 bridgehead atoms. The summed E-state index contributed by atoms with van der Waals surface area (Å²) in [5.74, 6) is 2.94. The first-order valence-corrected chi connectivity index (χ1v) is 14.0. The van der Waals surface area contributed by atoms with Crippen molar-refractivity contribution in [1.82, 2.24) is 5.32 Å². The Kier molecular flexibility index (Phi) is 5.62. The van der Waals surface area contributed by atoms with Gasteiger partial charge in [0.1, 0.15) is 0 Å². The van der Waals surface area contributed by atoms with E-state index in [9.17, 15) is 10.3 Å². The summed E-state index contributed by atoms with van der Waals surface area (Å²) in [5, 5.41) is 28.0. The SMILES string of the molecule is C/C(=N\O)[C@@H]1CC[C@]2(CO)CC[C@]3(C)[C@H](CC[C@@H]4[C@@]5(C)CCCNC(C)(C)[C@@H]5CC[C@]43C)[C@@H]12. The molecular formula is C29H50N2O2. The first-order valence-electron chi connectivity index (χ1n) is 14.0. The van der Waals surface area contributed by atoms with Crippen LogP contribution in [0.25, 0.3) is 0 Å². The Hall–Kier alpha value is -0.610. The van der Waals surface area contributed by atoms with Gasteiger partial charge in [0, 0.05) is 18.1 Å². The average Bonchev–Trinajstić information content (AvgIpc) is 3.11. The van der Waals surface area contributed by atoms with E-state index in [1.807, 2.05) is 6.92 Å². The lowest BCUT2D eigenvalue weighted by molar-refractivity contribution is -0.225. The van der Waals surface area contributed by atoms with Crippen molar-refractivity contribution in [1.29, 1.82) is 0 Å². The van der Waals surface area contributed by atoms with Gasteiger partial charge < -0.3 is 15.6 Å². The zero-order chi connectivity index (χ0) is 23.9. The lowest BCUT2D eigenvalue weighted by Crippen LogP contribution is -2.66. The molecule has 1 aliphatic heterocycles.